The van der Waals surface area contributed by atoms with Crippen molar-refractivity contribution in [2.75, 3.05) is 0 Å². The van der Waals surface area contributed by atoms with Gasteiger partial charge in [-0.2, -0.15) is 0 Å². The summed E-state index contributed by atoms with van der Waals surface area (Å²) < 4.78 is 5.72. The molecule has 3 nitrogen and oxygen atoms in total. The lowest BCUT2D eigenvalue weighted by Crippen LogP contribution is -1.97. The van der Waals surface area contributed by atoms with Crippen molar-refractivity contribution in [2.45, 2.75) is 6.61 Å². The minimum atomic E-state index is 0.423. The third-order valence-corrected chi connectivity index (χ3v) is 4.04. The van der Waals surface area contributed by atoms with Gasteiger partial charge in [0.25, 0.3) is 0 Å². The minimum absolute atomic E-state index is 0.423. The molecule has 25 heavy (non-hydrogen) atoms. The molecule has 0 atom stereocenters. The maximum atomic E-state index is 5.72. The zero-order valence-electron chi connectivity index (χ0n) is 13.7. The number of hydrogen-bond acceptors (Lipinski definition) is 2. The van der Waals surface area contributed by atoms with Crippen molar-refractivity contribution in [1.29, 1.82) is 0 Å². The molecule has 1 aromatic heterocycles. The second-order valence-corrected chi connectivity index (χ2v) is 5.78. The van der Waals surface area contributed by atoms with E-state index in [1.807, 2.05) is 42.6 Å². The number of para-hydroxylation sites is 1. The number of H-pyrrole nitrogens is 1. The summed E-state index contributed by atoms with van der Waals surface area (Å²) in [5.41, 5.74) is 4.42. The monoisotopic (exact) mass is 326 g/mol. The van der Waals surface area contributed by atoms with Crippen LogP contribution in [0.15, 0.2) is 91.1 Å². The molecule has 0 fully saturated rings. The van der Waals surface area contributed by atoms with Crippen LogP contribution in [0.5, 0.6) is 5.75 Å². The van der Waals surface area contributed by atoms with Crippen LogP contribution in [0.1, 0.15) is 5.82 Å². The molecule has 0 aliphatic heterocycles. The van der Waals surface area contributed by atoms with Gasteiger partial charge in [-0.25, -0.2) is 4.98 Å². The highest BCUT2D eigenvalue weighted by molar-refractivity contribution is 5.68. The Balaban J connectivity index is 1.46. The highest BCUT2D eigenvalue weighted by Crippen LogP contribution is 2.24. The third-order valence-electron chi connectivity index (χ3n) is 4.04. The van der Waals surface area contributed by atoms with Crippen molar-refractivity contribution in [3.8, 4) is 28.1 Å². The van der Waals surface area contributed by atoms with Gasteiger partial charge in [0.1, 0.15) is 18.2 Å². The third kappa shape index (κ3) is 3.61. The first-order valence-corrected chi connectivity index (χ1v) is 8.26. The summed E-state index contributed by atoms with van der Waals surface area (Å²) in [5.74, 6) is 1.65. The Labute approximate surface area is 147 Å². The predicted octanol–water partition coefficient (Wildman–Crippen LogP) is 5.32. The summed E-state index contributed by atoms with van der Waals surface area (Å²) in [6.07, 6.45) is 1.92. The number of aromatic nitrogens is 2. The van der Waals surface area contributed by atoms with E-state index in [0.717, 1.165) is 22.8 Å². The standard InChI is InChI=1S/C22H18N2O/c1-3-7-17(8-4-1)18-11-13-19(14-12-18)21-15-23-22(24-21)16-25-20-9-5-2-6-10-20/h1-15H,16H2,(H,23,24). The van der Waals surface area contributed by atoms with E-state index in [0.29, 0.717) is 6.61 Å². The number of hydrogen-bond donors (Lipinski definition) is 1. The summed E-state index contributed by atoms with van der Waals surface area (Å²) in [5, 5.41) is 0. The normalized spacial score (nSPS) is 10.6. The number of benzene rings is 3. The highest BCUT2D eigenvalue weighted by atomic mass is 16.5. The second kappa shape index (κ2) is 7.05. The average Bonchev–Trinajstić information content (AvgIpc) is 3.17. The van der Waals surface area contributed by atoms with Crippen LogP contribution in [0.25, 0.3) is 22.4 Å². The Kier molecular flexibility index (Phi) is 4.29. The summed E-state index contributed by atoms with van der Waals surface area (Å²) in [6.45, 7) is 0.423. The molecule has 4 rings (SSSR count). The predicted molar refractivity (Wildman–Crippen MR) is 100 cm³/mol. The maximum Gasteiger partial charge on any atom is 0.146 e. The Morgan fingerprint density at radius 3 is 2.00 bits per heavy atom. The maximum absolute atomic E-state index is 5.72. The minimum Gasteiger partial charge on any atom is -0.486 e. The number of nitrogens with zero attached hydrogens (tertiary/aromatic N) is 1. The van der Waals surface area contributed by atoms with Crippen LogP contribution in [0.2, 0.25) is 0 Å². The molecule has 1 N–H and O–H groups in total. The van der Waals surface area contributed by atoms with Crippen molar-refractivity contribution in [3.63, 3.8) is 0 Å². The van der Waals surface area contributed by atoms with Crippen LogP contribution >= 0.6 is 0 Å². The molecular weight excluding hydrogens is 308 g/mol. The molecule has 3 heteroatoms. The lowest BCUT2D eigenvalue weighted by atomic mass is 10.0. The van der Waals surface area contributed by atoms with Crippen LogP contribution in [-0.4, -0.2) is 9.97 Å². The van der Waals surface area contributed by atoms with E-state index in [1.165, 1.54) is 11.1 Å². The zero-order valence-corrected chi connectivity index (χ0v) is 13.7. The molecule has 0 saturated heterocycles. The van der Waals surface area contributed by atoms with Crippen molar-refractivity contribution < 1.29 is 4.74 Å². The average molecular weight is 326 g/mol. The number of ether oxygens (including phenoxy) is 1. The molecule has 0 radical (unpaired) electrons. The molecule has 0 aliphatic carbocycles. The fourth-order valence-corrected chi connectivity index (χ4v) is 2.72. The molecular formula is C22H18N2O. The summed E-state index contributed by atoms with van der Waals surface area (Å²) in [7, 11) is 0. The molecule has 0 amide bonds. The number of aromatic amines is 1. The first-order chi connectivity index (χ1) is 12.4. The van der Waals surface area contributed by atoms with Crippen LogP contribution in [-0.2, 0) is 6.61 Å². The topological polar surface area (TPSA) is 37.9 Å². The SMILES string of the molecule is c1ccc(OCc2nc(-c3ccc(-c4ccccc4)cc3)c[nH]2)cc1. The van der Waals surface area contributed by atoms with E-state index >= 15 is 0 Å². The van der Waals surface area contributed by atoms with Gasteiger partial charge in [-0.15, -0.1) is 0 Å². The van der Waals surface area contributed by atoms with Gasteiger partial charge < -0.3 is 9.72 Å². The van der Waals surface area contributed by atoms with Crippen molar-refractivity contribution in [2.24, 2.45) is 0 Å². The number of nitrogens with one attached hydrogen (secondary N) is 1. The van der Waals surface area contributed by atoms with Gasteiger partial charge in [-0.3, -0.25) is 0 Å². The first-order valence-electron chi connectivity index (χ1n) is 8.26. The van der Waals surface area contributed by atoms with Gasteiger partial charge in [0.15, 0.2) is 0 Å². The highest BCUT2D eigenvalue weighted by Gasteiger charge is 2.05. The van der Waals surface area contributed by atoms with E-state index in [-0.39, 0.29) is 0 Å². The second-order valence-electron chi connectivity index (χ2n) is 5.78. The molecule has 0 aliphatic rings. The van der Waals surface area contributed by atoms with E-state index < -0.39 is 0 Å². The molecule has 4 aromatic rings. The Morgan fingerprint density at radius 1 is 0.680 bits per heavy atom. The van der Waals surface area contributed by atoms with E-state index in [9.17, 15) is 0 Å². The van der Waals surface area contributed by atoms with Gasteiger partial charge in [0.2, 0.25) is 0 Å². The van der Waals surface area contributed by atoms with Crippen LogP contribution in [0.4, 0.5) is 0 Å². The smallest absolute Gasteiger partial charge is 0.146 e. The molecule has 3 aromatic carbocycles. The fourth-order valence-electron chi connectivity index (χ4n) is 2.72. The van der Waals surface area contributed by atoms with Gasteiger partial charge in [0.05, 0.1) is 5.69 Å². The largest absolute Gasteiger partial charge is 0.486 e. The van der Waals surface area contributed by atoms with Gasteiger partial charge in [0, 0.05) is 11.8 Å². The summed E-state index contributed by atoms with van der Waals surface area (Å²) >= 11 is 0. The Morgan fingerprint density at radius 2 is 1.28 bits per heavy atom. The van der Waals surface area contributed by atoms with Crippen LogP contribution < -0.4 is 4.74 Å². The molecule has 0 spiro atoms. The molecule has 0 saturated carbocycles. The first kappa shape index (κ1) is 15.2. The van der Waals surface area contributed by atoms with Gasteiger partial charge in [-0.1, -0.05) is 72.8 Å². The Hall–Kier alpha value is -3.33. The van der Waals surface area contributed by atoms with E-state index in [2.05, 4.69) is 58.5 Å². The van der Waals surface area contributed by atoms with Crippen molar-refractivity contribution in [3.05, 3.63) is 97.0 Å². The number of imidazole rings is 1. The molecule has 0 unspecified atom stereocenters. The van der Waals surface area contributed by atoms with Crippen LogP contribution in [0, 0.1) is 0 Å². The molecule has 122 valence electrons. The number of rotatable bonds is 5. The lowest BCUT2D eigenvalue weighted by molar-refractivity contribution is 0.297. The van der Waals surface area contributed by atoms with E-state index in [1.54, 1.807) is 0 Å². The van der Waals surface area contributed by atoms with Gasteiger partial charge in [-0.05, 0) is 23.3 Å². The lowest BCUT2D eigenvalue weighted by Gasteiger charge is -2.03. The fraction of sp³-hybridized carbons (Fsp3) is 0.0455. The quantitative estimate of drug-likeness (QED) is 0.539. The van der Waals surface area contributed by atoms with Crippen LogP contribution in [0.3, 0.4) is 0 Å². The van der Waals surface area contributed by atoms with Crippen molar-refractivity contribution in [1.82, 2.24) is 9.97 Å². The van der Waals surface area contributed by atoms with Gasteiger partial charge >= 0.3 is 0 Å². The van der Waals surface area contributed by atoms with E-state index in [4.69, 9.17) is 4.74 Å². The molecule has 0 bridgehead atoms. The zero-order chi connectivity index (χ0) is 16.9. The molecule has 1 heterocycles. The van der Waals surface area contributed by atoms with Crippen molar-refractivity contribution >= 4 is 0 Å². The summed E-state index contributed by atoms with van der Waals surface area (Å²) in [4.78, 5) is 7.80. The summed E-state index contributed by atoms with van der Waals surface area (Å²) in [6, 6.07) is 28.6. The Bertz CT molecular complexity index is 929.